The van der Waals surface area contributed by atoms with E-state index in [9.17, 15) is 9.18 Å². The van der Waals surface area contributed by atoms with Gasteiger partial charge in [0, 0.05) is 37.6 Å². The Balaban J connectivity index is 1.24. The van der Waals surface area contributed by atoms with E-state index in [4.69, 9.17) is 10.6 Å². The van der Waals surface area contributed by atoms with Gasteiger partial charge >= 0.3 is 0 Å². The van der Waals surface area contributed by atoms with Crippen molar-refractivity contribution in [3.63, 3.8) is 0 Å². The minimum Gasteiger partial charge on any atom is -0.482 e. The number of piperazine rings is 1. The van der Waals surface area contributed by atoms with Gasteiger partial charge in [-0.15, -0.1) is 10.2 Å². The molecule has 0 unspecified atom stereocenters. The van der Waals surface area contributed by atoms with Gasteiger partial charge in [0.15, 0.2) is 17.4 Å². The molecule has 1 aromatic heterocycles. The second-order valence-electron chi connectivity index (χ2n) is 7.79. The van der Waals surface area contributed by atoms with E-state index in [1.54, 1.807) is 12.1 Å². The standard InChI is InChI=1S/C23H28FN7O2S/c1-2-29-11-13-30(14-12-29)18-9-7-17(8-10-18)26-22(32)16-34-23-28-27-21(31(23)25)15-33-20-6-4-3-5-19(20)24/h3-10H,2,11-16,25H2,1H3,(H,26,32). The van der Waals surface area contributed by atoms with Gasteiger partial charge in [-0.2, -0.15) is 0 Å². The van der Waals surface area contributed by atoms with Crippen LogP contribution in [0.25, 0.3) is 0 Å². The van der Waals surface area contributed by atoms with Crippen molar-refractivity contribution in [2.75, 3.05) is 54.5 Å². The number of nitrogen functional groups attached to an aromatic ring is 1. The number of para-hydroxylation sites is 1. The summed E-state index contributed by atoms with van der Waals surface area (Å²) >= 11 is 1.16. The van der Waals surface area contributed by atoms with Crippen molar-refractivity contribution in [1.82, 2.24) is 19.8 Å². The molecule has 2 aromatic carbocycles. The summed E-state index contributed by atoms with van der Waals surface area (Å²) in [6.07, 6.45) is 0. The fraction of sp³-hybridized carbons (Fsp3) is 0.348. The van der Waals surface area contributed by atoms with Crippen LogP contribution in [0.1, 0.15) is 12.7 Å². The van der Waals surface area contributed by atoms with Gasteiger partial charge in [-0.3, -0.25) is 4.79 Å². The number of halogens is 1. The van der Waals surface area contributed by atoms with Crippen LogP contribution in [0.5, 0.6) is 5.75 Å². The third-order valence-electron chi connectivity index (χ3n) is 5.60. The van der Waals surface area contributed by atoms with E-state index in [1.807, 2.05) is 24.3 Å². The minimum atomic E-state index is -0.469. The predicted octanol–water partition coefficient (Wildman–Crippen LogP) is 2.58. The molecule has 1 aliphatic rings. The van der Waals surface area contributed by atoms with Crippen molar-refractivity contribution >= 4 is 29.0 Å². The van der Waals surface area contributed by atoms with Gasteiger partial charge in [-0.1, -0.05) is 30.8 Å². The lowest BCUT2D eigenvalue weighted by Crippen LogP contribution is -2.46. The molecule has 9 nitrogen and oxygen atoms in total. The third-order valence-corrected chi connectivity index (χ3v) is 6.54. The minimum absolute atomic E-state index is 0.0446. The number of ether oxygens (including phenoxy) is 1. The Morgan fingerprint density at radius 3 is 2.56 bits per heavy atom. The van der Waals surface area contributed by atoms with E-state index < -0.39 is 5.82 Å². The number of thioether (sulfide) groups is 1. The first-order valence-electron chi connectivity index (χ1n) is 11.1. The molecule has 0 atom stereocenters. The summed E-state index contributed by atoms with van der Waals surface area (Å²) < 4.78 is 20.3. The van der Waals surface area contributed by atoms with Gasteiger partial charge in [-0.05, 0) is 42.9 Å². The number of hydrogen-bond donors (Lipinski definition) is 2. The molecular weight excluding hydrogens is 457 g/mol. The molecule has 1 fully saturated rings. The highest BCUT2D eigenvalue weighted by atomic mass is 32.2. The quantitative estimate of drug-likeness (QED) is 0.352. The van der Waals surface area contributed by atoms with E-state index in [1.165, 1.54) is 16.8 Å². The number of amides is 1. The molecule has 0 bridgehead atoms. The van der Waals surface area contributed by atoms with Crippen LogP contribution in [0.2, 0.25) is 0 Å². The van der Waals surface area contributed by atoms with Crippen LogP contribution in [-0.2, 0) is 11.4 Å². The van der Waals surface area contributed by atoms with Gasteiger partial charge in [0.2, 0.25) is 11.1 Å². The zero-order valence-electron chi connectivity index (χ0n) is 19.0. The lowest BCUT2D eigenvalue weighted by atomic mass is 10.2. The van der Waals surface area contributed by atoms with Crippen LogP contribution in [-0.4, -0.2) is 64.2 Å². The second-order valence-corrected chi connectivity index (χ2v) is 8.74. The fourth-order valence-electron chi connectivity index (χ4n) is 3.61. The molecule has 0 saturated carbocycles. The Labute approximate surface area is 202 Å². The van der Waals surface area contributed by atoms with Crippen LogP contribution >= 0.6 is 11.8 Å². The number of anilines is 2. The summed E-state index contributed by atoms with van der Waals surface area (Å²) in [6.45, 7) is 7.36. The highest BCUT2D eigenvalue weighted by molar-refractivity contribution is 7.99. The maximum absolute atomic E-state index is 13.7. The van der Waals surface area contributed by atoms with Crippen LogP contribution in [0.15, 0.2) is 53.7 Å². The van der Waals surface area contributed by atoms with Gasteiger partial charge < -0.3 is 25.7 Å². The lowest BCUT2D eigenvalue weighted by molar-refractivity contribution is -0.113. The van der Waals surface area contributed by atoms with Gasteiger partial charge in [0.05, 0.1) is 5.75 Å². The van der Waals surface area contributed by atoms with Crippen molar-refractivity contribution in [3.05, 3.63) is 60.2 Å². The topological polar surface area (TPSA) is 102 Å². The molecule has 3 N–H and O–H groups in total. The lowest BCUT2D eigenvalue weighted by Gasteiger charge is -2.35. The molecular formula is C23H28FN7O2S. The number of hydrogen-bond acceptors (Lipinski definition) is 8. The summed E-state index contributed by atoms with van der Waals surface area (Å²) in [5.74, 6) is 5.90. The molecule has 34 heavy (non-hydrogen) atoms. The van der Waals surface area contributed by atoms with E-state index in [0.29, 0.717) is 11.0 Å². The number of nitrogens with one attached hydrogen (secondary N) is 1. The summed E-state index contributed by atoms with van der Waals surface area (Å²) in [4.78, 5) is 17.2. The Hall–Kier alpha value is -3.31. The maximum Gasteiger partial charge on any atom is 0.234 e. The molecule has 180 valence electrons. The highest BCUT2D eigenvalue weighted by Gasteiger charge is 2.16. The number of nitrogens with zero attached hydrogens (tertiary/aromatic N) is 5. The monoisotopic (exact) mass is 485 g/mol. The van der Waals surface area contributed by atoms with Gasteiger partial charge in [0.1, 0.15) is 6.61 Å². The number of aromatic nitrogens is 3. The van der Waals surface area contributed by atoms with Crippen molar-refractivity contribution < 1.29 is 13.9 Å². The number of carbonyl (C=O) groups excluding carboxylic acids is 1. The Kier molecular flexibility index (Phi) is 7.86. The normalized spacial score (nSPS) is 14.2. The van der Waals surface area contributed by atoms with Crippen LogP contribution < -0.4 is 20.8 Å². The summed E-state index contributed by atoms with van der Waals surface area (Å²) in [7, 11) is 0. The van der Waals surface area contributed by atoms with Crippen LogP contribution in [0.3, 0.4) is 0 Å². The van der Waals surface area contributed by atoms with Crippen LogP contribution in [0.4, 0.5) is 15.8 Å². The van der Waals surface area contributed by atoms with Crippen molar-refractivity contribution in [1.29, 1.82) is 0 Å². The number of carbonyl (C=O) groups is 1. The smallest absolute Gasteiger partial charge is 0.234 e. The van der Waals surface area contributed by atoms with Gasteiger partial charge in [-0.25, -0.2) is 9.07 Å². The average Bonchev–Trinajstić information content (AvgIpc) is 3.22. The first-order chi connectivity index (χ1) is 16.5. The van der Waals surface area contributed by atoms with E-state index in [2.05, 4.69) is 32.2 Å². The number of likely N-dealkylation sites (N-methyl/N-ethyl adjacent to an activating group) is 1. The first kappa shape index (κ1) is 23.8. The highest BCUT2D eigenvalue weighted by Crippen LogP contribution is 2.21. The molecule has 4 rings (SSSR count). The van der Waals surface area contributed by atoms with Crippen molar-refractivity contribution in [2.45, 2.75) is 18.7 Å². The molecule has 1 saturated heterocycles. The molecule has 11 heteroatoms. The largest absolute Gasteiger partial charge is 0.482 e. The molecule has 3 aromatic rings. The molecule has 0 radical (unpaired) electrons. The van der Waals surface area contributed by atoms with Gasteiger partial charge in [0.25, 0.3) is 0 Å². The maximum atomic E-state index is 13.7. The molecule has 1 amide bonds. The zero-order chi connectivity index (χ0) is 23.9. The third kappa shape index (κ3) is 5.97. The van der Waals surface area contributed by atoms with Crippen LogP contribution in [0, 0.1) is 5.82 Å². The van der Waals surface area contributed by atoms with E-state index >= 15 is 0 Å². The summed E-state index contributed by atoms with van der Waals surface area (Å²) in [5.41, 5.74) is 1.89. The molecule has 0 spiro atoms. The Bertz CT molecular complexity index is 1100. The molecule has 2 heterocycles. The number of benzene rings is 2. The summed E-state index contributed by atoms with van der Waals surface area (Å²) in [5, 5.41) is 11.2. The average molecular weight is 486 g/mol. The van der Waals surface area contributed by atoms with Crippen molar-refractivity contribution in [2.24, 2.45) is 0 Å². The number of rotatable bonds is 9. The zero-order valence-corrected chi connectivity index (χ0v) is 19.8. The Morgan fingerprint density at radius 1 is 1.12 bits per heavy atom. The fourth-order valence-corrected chi connectivity index (χ4v) is 4.29. The summed E-state index contributed by atoms with van der Waals surface area (Å²) in [6, 6.07) is 14.0. The number of nitrogens with two attached hydrogens (primary N) is 1. The van der Waals surface area contributed by atoms with E-state index in [-0.39, 0.29) is 24.0 Å². The Morgan fingerprint density at radius 2 is 1.85 bits per heavy atom. The molecule has 0 aliphatic carbocycles. The SMILES string of the molecule is CCN1CCN(c2ccc(NC(=O)CSc3nnc(COc4ccccc4F)n3N)cc2)CC1. The molecule has 1 aliphatic heterocycles. The second kappa shape index (κ2) is 11.2. The first-order valence-corrected chi connectivity index (χ1v) is 12.1. The predicted molar refractivity (Wildman–Crippen MR) is 131 cm³/mol. The van der Waals surface area contributed by atoms with Crippen molar-refractivity contribution in [3.8, 4) is 5.75 Å². The van der Waals surface area contributed by atoms with E-state index in [0.717, 1.165) is 55.9 Å².